The van der Waals surface area contributed by atoms with E-state index in [4.69, 9.17) is 5.73 Å². The summed E-state index contributed by atoms with van der Waals surface area (Å²) < 4.78 is 0. The van der Waals surface area contributed by atoms with E-state index in [1.807, 2.05) is 20.2 Å². The van der Waals surface area contributed by atoms with Gasteiger partial charge in [-0.3, -0.25) is 9.69 Å². The summed E-state index contributed by atoms with van der Waals surface area (Å²) in [5.41, 5.74) is 9.12. The minimum Gasteiger partial charge on any atom is -0.318 e. The van der Waals surface area contributed by atoms with E-state index >= 15 is 0 Å². The van der Waals surface area contributed by atoms with Crippen molar-refractivity contribution < 1.29 is 4.79 Å². The topological polar surface area (TPSA) is 49.6 Å². The van der Waals surface area contributed by atoms with Gasteiger partial charge in [-0.2, -0.15) is 0 Å². The molecule has 2 rings (SSSR count). The fourth-order valence-corrected chi connectivity index (χ4v) is 2.18. The zero-order valence-corrected chi connectivity index (χ0v) is 10.4. The molecule has 0 spiro atoms. The molecule has 4 heteroatoms. The highest BCUT2D eigenvalue weighted by molar-refractivity contribution is 5.95. The Kier molecular flexibility index (Phi) is 3.45. The Morgan fingerprint density at radius 1 is 1.41 bits per heavy atom. The number of fused-ring (bicyclic) bond motifs is 1. The molecule has 0 radical (unpaired) electrons. The largest absolute Gasteiger partial charge is 0.318 e. The lowest BCUT2D eigenvalue weighted by molar-refractivity contribution is -0.118. The van der Waals surface area contributed by atoms with Crippen molar-refractivity contribution in [1.82, 2.24) is 4.90 Å². The average Bonchev–Trinajstić information content (AvgIpc) is 2.34. The number of benzene rings is 1. The maximum Gasteiger partial charge on any atom is 0.227 e. The zero-order chi connectivity index (χ0) is 12.4. The number of nitrogens with two attached hydrogens (primary N) is 1. The molecule has 1 heterocycles. The zero-order valence-electron chi connectivity index (χ0n) is 10.4. The van der Waals surface area contributed by atoms with Crippen LogP contribution in [0.5, 0.6) is 0 Å². The van der Waals surface area contributed by atoms with Gasteiger partial charge >= 0.3 is 0 Å². The van der Waals surface area contributed by atoms with Crippen LogP contribution in [0.4, 0.5) is 5.69 Å². The Hall–Kier alpha value is -1.39. The Morgan fingerprint density at radius 3 is 2.88 bits per heavy atom. The van der Waals surface area contributed by atoms with Gasteiger partial charge in [0.2, 0.25) is 5.91 Å². The van der Waals surface area contributed by atoms with Crippen LogP contribution in [-0.2, 0) is 17.8 Å². The van der Waals surface area contributed by atoms with Crippen molar-refractivity contribution in [2.45, 2.75) is 19.4 Å². The molecule has 0 saturated carbocycles. The number of hydrogen-bond acceptors (Lipinski definition) is 3. The van der Waals surface area contributed by atoms with Gasteiger partial charge in [0, 0.05) is 32.4 Å². The summed E-state index contributed by atoms with van der Waals surface area (Å²) in [6.07, 6.45) is 1.46. The van der Waals surface area contributed by atoms with E-state index in [0.717, 1.165) is 18.7 Å². The standard InChI is InChI=1S/C13H19N3O/c1-15(9-14)8-10-3-5-12-11(7-10)4-6-13(17)16(12)2/h3,5,7H,4,6,8-9,14H2,1-2H3. The van der Waals surface area contributed by atoms with Gasteiger partial charge in [-0.15, -0.1) is 0 Å². The van der Waals surface area contributed by atoms with Gasteiger partial charge in [0.25, 0.3) is 0 Å². The van der Waals surface area contributed by atoms with Crippen LogP contribution in [0.2, 0.25) is 0 Å². The van der Waals surface area contributed by atoms with Crippen molar-refractivity contribution in [3.63, 3.8) is 0 Å². The molecule has 1 aromatic carbocycles. The lowest BCUT2D eigenvalue weighted by atomic mass is 9.99. The Bertz CT molecular complexity index is 431. The summed E-state index contributed by atoms with van der Waals surface area (Å²) in [4.78, 5) is 15.4. The number of rotatable bonds is 3. The lowest BCUT2D eigenvalue weighted by Gasteiger charge is -2.26. The van der Waals surface area contributed by atoms with Crippen LogP contribution in [0.1, 0.15) is 17.5 Å². The van der Waals surface area contributed by atoms with Gasteiger partial charge in [-0.1, -0.05) is 12.1 Å². The van der Waals surface area contributed by atoms with Gasteiger partial charge in [-0.25, -0.2) is 0 Å². The lowest BCUT2D eigenvalue weighted by Crippen LogP contribution is -2.31. The first-order chi connectivity index (χ1) is 8.11. The first-order valence-corrected chi connectivity index (χ1v) is 5.89. The summed E-state index contributed by atoms with van der Waals surface area (Å²) in [5.74, 6) is 0.198. The molecular formula is C13H19N3O. The number of nitrogens with zero attached hydrogens (tertiary/aromatic N) is 2. The number of hydrogen-bond donors (Lipinski definition) is 1. The van der Waals surface area contributed by atoms with Gasteiger partial charge in [0.1, 0.15) is 0 Å². The van der Waals surface area contributed by atoms with Crippen LogP contribution in [0.15, 0.2) is 18.2 Å². The van der Waals surface area contributed by atoms with Crippen molar-refractivity contribution in [1.29, 1.82) is 0 Å². The van der Waals surface area contributed by atoms with Crippen molar-refractivity contribution >= 4 is 11.6 Å². The molecule has 0 saturated heterocycles. The SMILES string of the molecule is CN(CN)Cc1ccc2c(c1)CCC(=O)N2C. The number of anilines is 1. The molecule has 1 aliphatic rings. The van der Waals surface area contributed by atoms with E-state index in [0.29, 0.717) is 13.1 Å². The molecule has 17 heavy (non-hydrogen) atoms. The predicted molar refractivity (Wildman–Crippen MR) is 68.7 cm³/mol. The Morgan fingerprint density at radius 2 is 2.18 bits per heavy atom. The average molecular weight is 233 g/mol. The van der Waals surface area contributed by atoms with Crippen LogP contribution in [0.25, 0.3) is 0 Å². The molecule has 0 aliphatic carbocycles. The van der Waals surface area contributed by atoms with Crippen LogP contribution < -0.4 is 10.6 Å². The van der Waals surface area contributed by atoms with E-state index < -0.39 is 0 Å². The molecule has 4 nitrogen and oxygen atoms in total. The quantitative estimate of drug-likeness (QED) is 0.791. The van der Waals surface area contributed by atoms with Crippen LogP contribution in [0.3, 0.4) is 0 Å². The van der Waals surface area contributed by atoms with Gasteiger partial charge in [0.05, 0.1) is 0 Å². The van der Waals surface area contributed by atoms with E-state index in [1.165, 1.54) is 11.1 Å². The van der Waals surface area contributed by atoms with Crippen molar-refractivity contribution in [3.05, 3.63) is 29.3 Å². The summed E-state index contributed by atoms with van der Waals surface area (Å²) in [6.45, 7) is 1.40. The monoisotopic (exact) mass is 233 g/mol. The van der Waals surface area contributed by atoms with Crippen molar-refractivity contribution in [2.24, 2.45) is 5.73 Å². The highest BCUT2D eigenvalue weighted by Gasteiger charge is 2.20. The summed E-state index contributed by atoms with van der Waals surface area (Å²) >= 11 is 0. The fraction of sp³-hybridized carbons (Fsp3) is 0.462. The predicted octanol–water partition coefficient (Wildman–Crippen LogP) is 0.944. The van der Waals surface area contributed by atoms with E-state index in [9.17, 15) is 4.79 Å². The second-order valence-corrected chi connectivity index (χ2v) is 4.61. The summed E-state index contributed by atoms with van der Waals surface area (Å²) in [6, 6.07) is 6.29. The third-order valence-electron chi connectivity index (χ3n) is 3.25. The van der Waals surface area contributed by atoms with Crippen molar-refractivity contribution in [2.75, 3.05) is 25.7 Å². The fourth-order valence-electron chi connectivity index (χ4n) is 2.18. The van der Waals surface area contributed by atoms with Crippen LogP contribution in [-0.4, -0.2) is 31.6 Å². The molecule has 0 aromatic heterocycles. The first-order valence-electron chi connectivity index (χ1n) is 5.89. The van der Waals surface area contributed by atoms with Gasteiger partial charge in [-0.05, 0) is 30.7 Å². The highest BCUT2D eigenvalue weighted by Crippen LogP contribution is 2.27. The third kappa shape index (κ3) is 2.48. The summed E-state index contributed by atoms with van der Waals surface area (Å²) in [7, 11) is 3.83. The minimum atomic E-state index is 0.198. The van der Waals surface area contributed by atoms with Gasteiger partial charge in [0.15, 0.2) is 0 Å². The third-order valence-corrected chi connectivity index (χ3v) is 3.25. The molecule has 0 fully saturated rings. The Labute approximate surface area is 102 Å². The number of amides is 1. The molecular weight excluding hydrogens is 214 g/mol. The van der Waals surface area contributed by atoms with Crippen molar-refractivity contribution in [3.8, 4) is 0 Å². The maximum absolute atomic E-state index is 11.6. The highest BCUT2D eigenvalue weighted by atomic mass is 16.2. The molecule has 0 bridgehead atoms. The second kappa shape index (κ2) is 4.85. The second-order valence-electron chi connectivity index (χ2n) is 4.61. The number of carbonyl (C=O) groups is 1. The smallest absolute Gasteiger partial charge is 0.227 e. The molecule has 1 amide bonds. The number of aryl methyl sites for hydroxylation is 1. The van der Waals surface area contributed by atoms with Gasteiger partial charge < -0.3 is 10.6 Å². The van der Waals surface area contributed by atoms with E-state index in [-0.39, 0.29) is 5.91 Å². The first kappa shape index (κ1) is 12.1. The molecule has 1 aromatic rings. The molecule has 0 unspecified atom stereocenters. The molecule has 1 aliphatic heterocycles. The number of carbonyl (C=O) groups excluding carboxylic acids is 1. The van der Waals surface area contributed by atoms with E-state index in [1.54, 1.807) is 4.90 Å². The normalized spacial score (nSPS) is 15.3. The molecule has 2 N–H and O–H groups in total. The summed E-state index contributed by atoms with van der Waals surface area (Å²) in [5, 5.41) is 0. The molecule has 0 atom stereocenters. The molecule has 92 valence electrons. The van der Waals surface area contributed by atoms with Crippen LogP contribution in [0, 0.1) is 0 Å². The van der Waals surface area contributed by atoms with E-state index in [2.05, 4.69) is 17.0 Å². The minimum absolute atomic E-state index is 0.198. The maximum atomic E-state index is 11.6. The van der Waals surface area contributed by atoms with Crippen LogP contribution >= 0.6 is 0 Å². The Balaban J connectivity index is 2.23.